The molecule has 0 fully saturated rings. The number of carbonyl (C=O) groups excluding carboxylic acids is 1. The van der Waals surface area contributed by atoms with Crippen LogP contribution in [0.1, 0.15) is 18.1 Å². The fraction of sp³-hybridized carbons (Fsp3) is 0.192. The van der Waals surface area contributed by atoms with Crippen molar-refractivity contribution < 1.29 is 9.53 Å². The Morgan fingerprint density at radius 2 is 1.55 bits per heavy atom. The first-order valence-electron chi connectivity index (χ1n) is 10.8. The summed E-state index contributed by atoms with van der Waals surface area (Å²) in [4.78, 5) is 12.5. The molecule has 0 radical (unpaired) electrons. The number of thioether (sulfide) groups is 1. The van der Waals surface area contributed by atoms with Crippen LogP contribution in [-0.2, 0) is 4.79 Å². The van der Waals surface area contributed by atoms with E-state index in [1.165, 1.54) is 17.3 Å². The first kappa shape index (κ1) is 22.6. The third-order valence-corrected chi connectivity index (χ3v) is 5.95. The number of aromatic nitrogens is 3. The van der Waals surface area contributed by atoms with Gasteiger partial charge in [-0.15, -0.1) is 10.2 Å². The lowest BCUT2D eigenvalue weighted by Crippen LogP contribution is -2.14. The van der Waals surface area contributed by atoms with Crippen LogP contribution in [0.2, 0.25) is 0 Å². The number of hydrogen-bond acceptors (Lipinski definition) is 5. The molecule has 0 aliphatic rings. The van der Waals surface area contributed by atoms with Gasteiger partial charge in [0.2, 0.25) is 5.91 Å². The summed E-state index contributed by atoms with van der Waals surface area (Å²) < 4.78 is 7.56. The Labute approximate surface area is 198 Å². The van der Waals surface area contributed by atoms with Crippen molar-refractivity contribution in [3.8, 4) is 22.8 Å². The van der Waals surface area contributed by atoms with Crippen LogP contribution in [0.15, 0.2) is 78.0 Å². The number of anilines is 1. The van der Waals surface area contributed by atoms with E-state index in [-0.39, 0.29) is 11.7 Å². The Bertz CT molecular complexity index is 1220. The summed E-state index contributed by atoms with van der Waals surface area (Å²) in [7, 11) is 0. The van der Waals surface area contributed by atoms with Gasteiger partial charge in [-0.2, -0.15) is 0 Å². The van der Waals surface area contributed by atoms with Crippen LogP contribution in [0.4, 0.5) is 5.69 Å². The van der Waals surface area contributed by atoms with Gasteiger partial charge < -0.3 is 10.1 Å². The van der Waals surface area contributed by atoms with Crippen molar-refractivity contribution in [3.05, 3.63) is 83.9 Å². The third kappa shape index (κ3) is 5.62. The van der Waals surface area contributed by atoms with Crippen molar-refractivity contribution in [1.29, 1.82) is 0 Å². The SMILES string of the molecule is CCOc1ccc(-n2c(SCC(=O)Nc3ccc(C)cc3)nnc2-c2ccc(C)cc2)cc1. The Morgan fingerprint density at radius 1 is 0.909 bits per heavy atom. The van der Waals surface area contributed by atoms with Crippen molar-refractivity contribution >= 4 is 23.4 Å². The minimum absolute atomic E-state index is 0.0954. The van der Waals surface area contributed by atoms with Gasteiger partial charge in [0.1, 0.15) is 5.75 Å². The van der Waals surface area contributed by atoms with E-state index in [0.29, 0.717) is 11.8 Å². The number of amides is 1. The molecule has 4 aromatic rings. The zero-order chi connectivity index (χ0) is 23.2. The molecule has 1 heterocycles. The molecule has 0 atom stereocenters. The summed E-state index contributed by atoms with van der Waals surface area (Å²) in [5.74, 6) is 1.65. The zero-order valence-corrected chi connectivity index (χ0v) is 19.7. The van der Waals surface area contributed by atoms with Crippen molar-refractivity contribution in [2.75, 3.05) is 17.7 Å². The highest BCUT2D eigenvalue weighted by Crippen LogP contribution is 2.29. The number of nitrogens with one attached hydrogen (secondary N) is 1. The maximum Gasteiger partial charge on any atom is 0.234 e. The molecule has 6 nitrogen and oxygen atoms in total. The van der Waals surface area contributed by atoms with E-state index in [4.69, 9.17) is 4.74 Å². The molecule has 3 aromatic carbocycles. The monoisotopic (exact) mass is 458 g/mol. The van der Waals surface area contributed by atoms with Crippen molar-refractivity contribution in [3.63, 3.8) is 0 Å². The molecule has 0 aliphatic carbocycles. The van der Waals surface area contributed by atoms with Gasteiger partial charge in [-0.05, 0) is 57.2 Å². The Kier molecular flexibility index (Phi) is 7.10. The summed E-state index contributed by atoms with van der Waals surface area (Å²) in [6, 6.07) is 23.7. The van der Waals surface area contributed by atoms with Crippen LogP contribution in [0.25, 0.3) is 17.1 Å². The lowest BCUT2D eigenvalue weighted by molar-refractivity contribution is -0.113. The summed E-state index contributed by atoms with van der Waals surface area (Å²) in [6.07, 6.45) is 0. The van der Waals surface area contributed by atoms with Gasteiger partial charge in [0, 0.05) is 16.9 Å². The van der Waals surface area contributed by atoms with Gasteiger partial charge >= 0.3 is 0 Å². The molecule has 0 saturated carbocycles. The summed E-state index contributed by atoms with van der Waals surface area (Å²) >= 11 is 1.35. The summed E-state index contributed by atoms with van der Waals surface area (Å²) in [6.45, 7) is 6.63. The fourth-order valence-corrected chi connectivity index (χ4v) is 4.06. The van der Waals surface area contributed by atoms with Gasteiger partial charge in [-0.25, -0.2) is 0 Å². The van der Waals surface area contributed by atoms with E-state index in [2.05, 4.69) is 22.4 Å². The second-order valence-corrected chi connectivity index (χ2v) is 8.58. The summed E-state index contributed by atoms with van der Waals surface area (Å²) in [5.41, 5.74) is 4.96. The molecule has 0 bridgehead atoms. The van der Waals surface area contributed by atoms with Gasteiger partial charge in [0.15, 0.2) is 11.0 Å². The molecule has 7 heteroatoms. The molecular weight excluding hydrogens is 432 g/mol. The number of rotatable bonds is 8. The molecule has 168 valence electrons. The standard InChI is InChI=1S/C26H26N4O2S/c1-4-32-23-15-13-22(14-16-23)30-25(20-9-5-18(2)6-10-20)28-29-26(30)33-17-24(31)27-21-11-7-19(3)8-12-21/h5-16H,4,17H2,1-3H3,(H,27,31). The van der Waals surface area contributed by atoms with Gasteiger partial charge in [-0.3, -0.25) is 9.36 Å². The van der Waals surface area contributed by atoms with Gasteiger partial charge in [0.05, 0.1) is 12.4 Å². The number of aryl methyl sites for hydroxylation is 2. The number of hydrogen-bond donors (Lipinski definition) is 1. The predicted molar refractivity (Wildman–Crippen MR) is 133 cm³/mol. The van der Waals surface area contributed by atoms with E-state index < -0.39 is 0 Å². The number of carbonyl (C=O) groups is 1. The highest BCUT2D eigenvalue weighted by Gasteiger charge is 2.17. The Morgan fingerprint density at radius 3 is 2.18 bits per heavy atom. The molecule has 1 N–H and O–H groups in total. The lowest BCUT2D eigenvalue weighted by Gasteiger charge is -2.12. The summed E-state index contributed by atoms with van der Waals surface area (Å²) in [5, 5.41) is 12.4. The number of ether oxygens (including phenoxy) is 1. The van der Waals surface area contributed by atoms with Gasteiger partial charge in [0.25, 0.3) is 0 Å². The highest BCUT2D eigenvalue weighted by atomic mass is 32.2. The third-order valence-electron chi connectivity index (χ3n) is 5.02. The largest absolute Gasteiger partial charge is 0.494 e. The average Bonchev–Trinajstić information content (AvgIpc) is 3.24. The smallest absolute Gasteiger partial charge is 0.234 e. The minimum atomic E-state index is -0.0954. The molecule has 0 unspecified atom stereocenters. The maximum absolute atomic E-state index is 12.5. The van der Waals surface area contributed by atoms with Crippen molar-refractivity contribution in [2.24, 2.45) is 0 Å². The first-order chi connectivity index (χ1) is 16.0. The Balaban J connectivity index is 1.59. The number of benzene rings is 3. The van der Waals surface area contributed by atoms with E-state index in [0.717, 1.165) is 34.1 Å². The second kappa shape index (κ2) is 10.4. The predicted octanol–water partition coefficient (Wildman–Crippen LogP) is 5.68. The van der Waals surface area contributed by atoms with Crippen molar-refractivity contribution in [1.82, 2.24) is 14.8 Å². The molecule has 4 rings (SSSR count). The van der Waals surface area contributed by atoms with E-state index in [1.807, 2.05) is 91.2 Å². The van der Waals surface area contributed by atoms with E-state index in [1.54, 1.807) is 0 Å². The maximum atomic E-state index is 12.5. The zero-order valence-electron chi connectivity index (χ0n) is 18.9. The molecule has 0 saturated heterocycles. The topological polar surface area (TPSA) is 69.0 Å². The highest BCUT2D eigenvalue weighted by molar-refractivity contribution is 7.99. The van der Waals surface area contributed by atoms with Crippen LogP contribution in [0, 0.1) is 13.8 Å². The van der Waals surface area contributed by atoms with Crippen LogP contribution in [0.3, 0.4) is 0 Å². The number of nitrogens with zero attached hydrogens (tertiary/aromatic N) is 3. The van der Waals surface area contributed by atoms with Crippen molar-refractivity contribution in [2.45, 2.75) is 25.9 Å². The van der Waals surface area contributed by atoms with Crippen LogP contribution < -0.4 is 10.1 Å². The molecule has 0 aliphatic heterocycles. The fourth-order valence-electron chi connectivity index (χ4n) is 3.31. The van der Waals surface area contributed by atoms with Crippen LogP contribution in [0.5, 0.6) is 5.75 Å². The molecule has 0 spiro atoms. The second-order valence-electron chi connectivity index (χ2n) is 7.64. The molecule has 1 aromatic heterocycles. The van der Waals surface area contributed by atoms with E-state index >= 15 is 0 Å². The molecular formula is C26H26N4O2S. The molecule has 1 amide bonds. The molecule has 33 heavy (non-hydrogen) atoms. The van der Waals surface area contributed by atoms with Crippen LogP contribution >= 0.6 is 11.8 Å². The first-order valence-corrected chi connectivity index (χ1v) is 11.8. The normalized spacial score (nSPS) is 10.8. The quantitative estimate of drug-likeness (QED) is 0.344. The average molecular weight is 459 g/mol. The minimum Gasteiger partial charge on any atom is -0.494 e. The Hall–Kier alpha value is -3.58. The lowest BCUT2D eigenvalue weighted by atomic mass is 10.1. The van der Waals surface area contributed by atoms with E-state index in [9.17, 15) is 4.79 Å². The van der Waals surface area contributed by atoms with Crippen LogP contribution in [-0.4, -0.2) is 33.0 Å². The van der Waals surface area contributed by atoms with Gasteiger partial charge in [-0.1, -0.05) is 59.3 Å².